The van der Waals surface area contributed by atoms with Crippen molar-refractivity contribution in [2.75, 3.05) is 17.1 Å². The van der Waals surface area contributed by atoms with Gasteiger partial charge in [0.05, 0.1) is 11.9 Å². The van der Waals surface area contributed by atoms with Crippen molar-refractivity contribution in [2.24, 2.45) is 17.8 Å². The largest absolute Gasteiger partial charge is 0.350 e. The smallest absolute Gasteiger partial charge is 0.244 e. The van der Waals surface area contributed by atoms with Crippen molar-refractivity contribution in [2.45, 2.75) is 103 Å². The molecule has 8 heteroatoms. The average molecular weight is 608 g/mol. The molecule has 0 aromatic heterocycles. The third kappa shape index (κ3) is 7.11. The van der Waals surface area contributed by atoms with Crippen LogP contribution >= 0.6 is 0 Å². The fourth-order valence-electron chi connectivity index (χ4n) is 8.32. The summed E-state index contributed by atoms with van der Waals surface area (Å²) in [6.45, 7) is 9.42. The molecule has 0 saturated heterocycles. The van der Waals surface area contributed by atoms with E-state index in [0.717, 1.165) is 35.1 Å². The van der Waals surface area contributed by atoms with Gasteiger partial charge in [-0.25, -0.2) is 8.42 Å². The zero-order chi connectivity index (χ0) is 31.2. The molecular weight excluding hydrogens is 558 g/mol. The molecule has 1 atom stereocenters. The fourth-order valence-corrected chi connectivity index (χ4v) is 9.17. The molecule has 234 valence electrons. The van der Waals surface area contributed by atoms with Crippen molar-refractivity contribution in [3.63, 3.8) is 0 Å². The third-order valence-electron chi connectivity index (χ3n) is 9.84. The van der Waals surface area contributed by atoms with E-state index in [1.165, 1.54) is 53.3 Å². The van der Waals surface area contributed by atoms with E-state index in [4.69, 9.17) is 0 Å². The van der Waals surface area contributed by atoms with E-state index in [2.05, 4.69) is 17.4 Å². The van der Waals surface area contributed by atoms with Crippen molar-refractivity contribution >= 4 is 27.5 Å². The van der Waals surface area contributed by atoms with Gasteiger partial charge < -0.3 is 10.2 Å². The Morgan fingerprint density at radius 1 is 0.930 bits per heavy atom. The van der Waals surface area contributed by atoms with Crippen molar-refractivity contribution in [3.8, 4) is 0 Å². The first-order chi connectivity index (χ1) is 20.2. The summed E-state index contributed by atoms with van der Waals surface area (Å²) >= 11 is 0. The predicted octanol–water partition coefficient (Wildman–Crippen LogP) is 5.95. The van der Waals surface area contributed by atoms with E-state index >= 15 is 0 Å². The minimum atomic E-state index is -3.78. The summed E-state index contributed by atoms with van der Waals surface area (Å²) in [6.07, 6.45) is 9.34. The van der Waals surface area contributed by atoms with Gasteiger partial charge in [0.25, 0.3) is 0 Å². The van der Waals surface area contributed by atoms with Crippen LogP contribution in [0.25, 0.3) is 0 Å². The van der Waals surface area contributed by atoms with Crippen molar-refractivity contribution in [3.05, 3.63) is 65.2 Å². The molecule has 4 bridgehead atoms. The van der Waals surface area contributed by atoms with Gasteiger partial charge in [-0.2, -0.15) is 0 Å². The Balaban J connectivity index is 1.41. The van der Waals surface area contributed by atoms with Gasteiger partial charge in [-0.1, -0.05) is 48.9 Å². The van der Waals surface area contributed by atoms with E-state index in [1.807, 2.05) is 71.0 Å². The van der Waals surface area contributed by atoms with Gasteiger partial charge in [-0.05, 0) is 119 Å². The Hall–Kier alpha value is -2.87. The number of amides is 2. The lowest BCUT2D eigenvalue weighted by molar-refractivity contribution is -0.141. The van der Waals surface area contributed by atoms with E-state index in [1.54, 1.807) is 0 Å². The normalized spacial score (nSPS) is 25.3. The highest BCUT2D eigenvalue weighted by molar-refractivity contribution is 7.92. The average Bonchev–Trinajstić information content (AvgIpc) is 2.90. The first kappa shape index (κ1) is 31.6. The van der Waals surface area contributed by atoms with Crippen molar-refractivity contribution < 1.29 is 18.0 Å². The van der Waals surface area contributed by atoms with E-state index in [0.29, 0.717) is 12.1 Å². The topological polar surface area (TPSA) is 86.8 Å². The Labute approximate surface area is 258 Å². The molecule has 2 aromatic carbocycles. The predicted molar refractivity (Wildman–Crippen MR) is 172 cm³/mol. The fraction of sp³-hybridized carbons (Fsp3) is 0.600. The lowest BCUT2D eigenvalue weighted by Crippen LogP contribution is -2.55. The summed E-state index contributed by atoms with van der Waals surface area (Å²) in [5.74, 6) is 1.79. The maximum Gasteiger partial charge on any atom is 0.244 e. The Morgan fingerprint density at radius 2 is 1.47 bits per heavy atom. The summed E-state index contributed by atoms with van der Waals surface area (Å²) in [6, 6.07) is 15.0. The maximum atomic E-state index is 14.1. The van der Waals surface area contributed by atoms with Crippen LogP contribution in [0.2, 0.25) is 0 Å². The van der Waals surface area contributed by atoms with Gasteiger partial charge in [0.1, 0.15) is 12.6 Å². The highest BCUT2D eigenvalue weighted by Crippen LogP contribution is 2.60. The molecule has 1 N–H and O–H groups in total. The number of benzene rings is 2. The summed E-state index contributed by atoms with van der Waals surface area (Å²) in [5, 5.41) is 3.01. The summed E-state index contributed by atoms with van der Waals surface area (Å²) in [5.41, 5.74) is 3.50. The van der Waals surface area contributed by atoms with Crippen LogP contribution in [0, 0.1) is 24.7 Å². The van der Waals surface area contributed by atoms with Crippen molar-refractivity contribution in [1.82, 2.24) is 10.2 Å². The first-order valence-corrected chi connectivity index (χ1v) is 17.8. The highest BCUT2D eigenvalue weighted by Gasteiger charge is 2.51. The van der Waals surface area contributed by atoms with Gasteiger partial charge >= 0.3 is 0 Å². The number of carbonyl (C=O) groups excluding carboxylic acids is 2. The quantitative estimate of drug-likeness (QED) is 0.362. The number of rotatable bonds is 10. The molecular formula is C35H49N3O4S. The molecule has 2 amide bonds. The van der Waals surface area contributed by atoms with Crippen LogP contribution < -0.4 is 9.62 Å². The Kier molecular flexibility index (Phi) is 8.73. The third-order valence-corrected chi connectivity index (χ3v) is 11.0. The van der Waals surface area contributed by atoms with Crippen LogP contribution in [0.5, 0.6) is 0 Å². The number of hydrogen-bond acceptors (Lipinski definition) is 4. The number of sulfonamides is 1. The monoisotopic (exact) mass is 607 g/mol. The highest BCUT2D eigenvalue weighted by atomic mass is 32.2. The minimum absolute atomic E-state index is 0.206. The molecule has 0 radical (unpaired) electrons. The van der Waals surface area contributed by atoms with Crippen molar-refractivity contribution in [1.29, 1.82) is 0 Å². The molecule has 4 aliphatic rings. The second-order valence-electron chi connectivity index (χ2n) is 14.7. The molecule has 4 fully saturated rings. The molecule has 0 spiro atoms. The molecule has 4 aliphatic carbocycles. The molecule has 2 aromatic rings. The summed E-state index contributed by atoms with van der Waals surface area (Å²) < 4.78 is 27.4. The lowest BCUT2D eigenvalue weighted by Gasteiger charge is -2.57. The Morgan fingerprint density at radius 3 is 1.93 bits per heavy atom. The second kappa shape index (κ2) is 11.9. The summed E-state index contributed by atoms with van der Waals surface area (Å²) in [7, 11) is -3.78. The van der Waals surface area contributed by atoms with E-state index in [-0.39, 0.29) is 24.4 Å². The summed E-state index contributed by atoms with van der Waals surface area (Å²) in [4.78, 5) is 29.0. The van der Waals surface area contributed by atoms with Gasteiger partial charge in [-0.3, -0.25) is 13.9 Å². The lowest BCUT2D eigenvalue weighted by atomic mass is 9.48. The van der Waals surface area contributed by atoms with Gasteiger partial charge in [0.2, 0.25) is 21.8 Å². The van der Waals surface area contributed by atoms with Crippen LogP contribution in [0.15, 0.2) is 48.5 Å². The number of carbonyl (C=O) groups is 2. The number of hydrogen-bond donors (Lipinski definition) is 1. The molecule has 43 heavy (non-hydrogen) atoms. The van der Waals surface area contributed by atoms with Crippen LogP contribution in [-0.4, -0.2) is 49.5 Å². The van der Waals surface area contributed by atoms with E-state index in [9.17, 15) is 18.0 Å². The zero-order valence-corrected chi connectivity index (χ0v) is 27.5. The van der Waals surface area contributed by atoms with Gasteiger partial charge in [0.15, 0.2) is 0 Å². The number of nitrogens with zero attached hydrogens (tertiary/aromatic N) is 2. The van der Waals surface area contributed by atoms with E-state index < -0.39 is 27.5 Å². The standard InChI is InChI=1S/C35H49N3O4S/c1-7-31(33(40)36-34(3,4)5)37(22-25-10-8-24(2)9-11-25)32(39)23-38(43(6,41)42)30-14-12-29(13-15-30)35-19-26-16-27(20-35)18-28(17-26)21-35/h8-15,26-28,31H,7,16-23H2,1-6H3,(H,36,40)/t26?,27?,28?,31-,35?/m1/s1. The number of aryl methyl sites for hydroxylation is 1. The van der Waals surface area contributed by atoms with Crippen LogP contribution in [0.3, 0.4) is 0 Å². The van der Waals surface area contributed by atoms with Crippen LogP contribution in [-0.2, 0) is 31.6 Å². The molecule has 7 nitrogen and oxygen atoms in total. The molecule has 0 aliphatic heterocycles. The molecule has 0 unspecified atom stereocenters. The molecule has 0 heterocycles. The van der Waals surface area contributed by atoms with Gasteiger partial charge in [-0.15, -0.1) is 0 Å². The zero-order valence-electron chi connectivity index (χ0n) is 26.7. The van der Waals surface area contributed by atoms with Gasteiger partial charge in [0, 0.05) is 12.1 Å². The van der Waals surface area contributed by atoms with Crippen LogP contribution in [0.1, 0.15) is 89.3 Å². The number of anilines is 1. The van der Waals surface area contributed by atoms with Crippen LogP contribution in [0.4, 0.5) is 5.69 Å². The SMILES string of the molecule is CC[C@H](C(=O)NC(C)(C)C)N(Cc1ccc(C)cc1)C(=O)CN(c1ccc(C23CC4CC(CC(C4)C2)C3)cc1)S(C)(=O)=O. The minimum Gasteiger partial charge on any atom is -0.350 e. The maximum absolute atomic E-state index is 14.1. The molecule has 4 saturated carbocycles. The molecule has 6 rings (SSSR count). The Bertz CT molecular complexity index is 1390. The number of nitrogens with one attached hydrogen (secondary N) is 1. The first-order valence-electron chi connectivity index (χ1n) is 15.9. The second-order valence-corrected chi connectivity index (χ2v) is 16.6.